The molecule has 122 valence electrons. The van der Waals surface area contributed by atoms with Crippen molar-refractivity contribution in [2.75, 3.05) is 6.54 Å². The lowest BCUT2D eigenvalue weighted by atomic mass is 9.96. The molecule has 6 heteroatoms. The molecule has 2 aromatic heterocycles. The SMILES string of the molecule is CC(O)(CNC(=O)c1cnc2ccccn2c1=O)c1ccccc1. The highest BCUT2D eigenvalue weighted by Gasteiger charge is 2.24. The Hall–Kier alpha value is -2.99. The summed E-state index contributed by atoms with van der Waals surface area (Å²) < 4.78 is 1.31. The normalized spacial score (nSPS) is 13.4. The van der Waals surface area contributed by atoms with E-state index in [0.717, 1.165) is 0 Å². The van der Waals surface area contributed by atoms with Gasteiger partial charge >= 0.3 is 0 Å². The van der Waals surface area contributed by atoms with E-state index >= 15 is 0 Å². The van der Waals surface area contributed by atoms with Gasteiger partial charge in [0.2, 0.25) is 0 Å². The fourth-order valence-electron chi connectivity index (χ4n) is 2.43. The summed E-state index contributed by atoms with van der Waals surface area (Å²) >= 11 is 0. The maximum atomic E-state index is 12.4. The van der Waals surface area contributed by atoms with Gasteiger partial charge in [-0.1, -0.05) is 36.4 Å². The fraction of sp³-hybridized carbons (Fsp3) is 0.167. The first kappa shape index (κ1) is 15.9. The van der Waals surface area contributed by atoms with E-state index < -0.39 is 17.1 Å². The molecule has 3 rings (SSSR count). The molecule has 0 fully saturated rings. The number of carbonyl (C=O) groups is 1. The van der Waals surface area contributed by atoms with Crippen LogP contribution in [0.15, 0.2) is 65.7 Å². The summed E-state index contributed by atoms with van der Waals surface area (Å²) in [6, 6.07) is 14.2. The topological polar surface area (TPSA) is 83.7 Å². The molecule has 0 aliphatic heterocycles. The van der Waals surface area contributed by atoms with Crippen LogP contribution in [0.3, 0.4) is 0 Å². The summed E-state index contributed by atoms with van der Waals surface area (Å²) in [5.74, 6) is -0.568. The number of amides is 1. The van der Waals surface area contributed by atoms with Gasteiger partial charge in [0.05, 0.1) is 6.54 Å². The van der Waals surface area contributed by atoms with Crippen molar-refractivity contribution in [2.24, 2.45) is 0 Å². The van der Waals surface area contributed by atoms with Crippen molar-refractivity contribution < 1.29 is 9.90 Å². The Morgan fingerprint density at radius 1 is 1.21 bits per heavy atom. The molecule has 0 saturated carbocycles. The van der Waals surface area contributed by atoms with Gasteiger partial charge in [0.1, 0.15) is 16.8 Å². The van der Waals surface area contributed by atoms with Crippen molar-refractivity contribution in [3.8, 4) is 0 Å². The van der Waals surface area contributed by atoms with Gasteiger partial charge in [-0.2, -0.15) is 0 Å². The molecule has 2 heterocycles. The fourth-order valence-corrected chi connectivity index (χ4v) is 2.43. The molecule has 0 aliphatic carbocycles. The molecule has 6 nitrogen and oxygen atoms in total. The first-order valence-electron chi connectivity index (χ1n) is 7.51. The van der Waals surface area contributed by atoms with E-state index in [-0.39, 0.29) is 12.1 Å². The molecule has 2 N–H and O–H groups in total. The van der Waals surface area contributed by atoms with Crippen LogP contribution < -0.4 is 10.9 Å². The predicted molar refractivity (Wildman–Crippen MR) is 89.8 cm³/mol. The van der Waals surface area contributed by atoms with Crippen LogP contribution in [0, 0.1) is 0 Å². The number of aromatic nitrogens is 2. The summed E-state index contributed by atoms with van der Waals surface area (Å²) in [6.07, 6.45) is 2.81. The summed E-state index contributed by atoms with van der Waals surface area (Å²) in [4.78, 5) is 28.8. The summed E-state index contributed by atoms with van der Waals surface area (Å²) in [5, 5.41) is 13.1. The van der Waals surface area contributed by atoms with Crippen molar-refractivity contribution in [1.29, 1.82) is 0 Å². The Morgan fingerprint density at radius 3 is 2.67 bits per heavy atom. The molecular weight excluding hydrogens is 306 g/mol. The van der Waals surface area contributed by atoms with E-state index in [1.807, 2.05) is 18.2 Å². The van der Waals surface area contributed by atoms with Crippen LogP contribution in [0.25, 0.3) is 5.65 Å². The molecule has 0 radical (unpaired) electrons. The van der Waals surface area contributed by atoms with E-state index in [1.54, 1.807) is 43.5 Å². The molecule has 1 atom stereocenters. The van der Waals surface area contributed by atoms with Gasteiger partial charge in [0, 0.05) is 12.4 Å². The second-order valence-corrected chi connectivity index (χ2v) is 5.73. The van der Waals surface area contributed by atoms with Crippen molar-refractivity contribution in [2.45, 2.75) is 12.5 Å². The van der Waals surface area contributed by atoms with Gasteiger partial charge in [0.15, 0.2) is 0 Å². The first-order valence-corrected chi connectivity index (χ1v) is 7.51. The Labute approximate surface area is 138 Å². The number of hydrogen-bond donors (Lipinski definition) is 2. The molecule has 1 amide bonds. The number of carbonyl (C=O) groups excluding carboxylic acids is 1. The second kappa shape index (κ2) is 6.25. The van der Waals surface area contributed by atoms with E-state index in [1.165, 1.54) is 10.6 Å². The minimum Gasteiger partial charge on any atom is -0.384 e. The number of fused-ring (bicyclic) bond motifs is 1. The van der Waals surface area contributed by atoms with Crippen molar-refractivity contribution >= 4 is 11.6 Å². The number of aliphatic hydroxyl groups is 1. The predicted octanol–water partition coefficient (Wildman–Crippen LogP) is 1.33. The van der Waals surface area contributed by atoms with Crippen LogP contribution in [0.1, 0.15) is 22.8 Å². The molecule has 0 saturated heterocycles. The van der Waals surface area contributed by atoms with Crippen LogP contribution >= 0.6 is 0 Å². The van der Waals surface area contributed by atoms with E-state index in [9.17, 15) is 14.7 Å². The molecule has 3 aromatic rings. The first-order chi connectivity index (χ1) is 11.5. The standard InChI is InChI=1S/C18H17N3O3/c1-18(24,13-7-3-2-4-8-13)12-20-16(22)14-11-19-15-9-5-6-10-21(15)17(14)23/h2-11,24H,12H2,1H3,(H,20,22). The number of hydrogen-bond acceptors (Lipinski definition) is 4. The van der Waals surface area contributed by atoms with Gasteiger partial charge in [-0.3, -0.25) is 14.0 Å². The third-order valence-electron chi connectivity index (χ3n) is 3.85. The summed E-state index contributed by atoms with van der Waals surface area (Å²) in [7, 11) is 0. The maximum absolute atomic E-state index is 12.4. The van der Waals surface area contributed by atoms with Gasteiger partial charge in [0.25, 0.3) is 11.5 Å². The van der Waals surface area contributed by atoms with Crippen molar-refractivity contribution in [3.05, 3.63) is 82.4 Å². The third kappa shape index (κ3) is 3.04. The van der Waals surface area contributed by atoms with Crippen LogP contribution in [-0.4, -0.2) is 26.9 Å². The quantitative estimate of drug-likeness (QED) is 0.759. The highest BCUT2D eigenvalue weighted by atomic mass is 16.3. The number of nitrogens with one attached hydrogen (secondary N) is 1. The van der Waals surface area contributed by atoms with Crippen molar-refractivity contribution in [1.82, 2.24) is 14.7 Å². The number of pyridine rings is 1. The molecule has 1 unspecified atom stereocenters. The monoisotopic (exact) mass is 323 g/mol. The number of benzene rings is 1. The molecule has 0 bridgehead atoms. The van der Waals surface area contributed by atoms with Gasteiger partial charge in [-0.05, 0) is 24.6 Å². The lowest BCUT2D eigenvalue weighted by molar-refractivity contribution is 0.0526. The number of nitrogens with zero attached hydrogens (tertiary/aromatic N) is 2. The second-order valence-electron chi connectivity index (χ2n) is 5.73. The maximum Gasteiger partial charge on any atom is 0.270 e. The Morgan fingerprint density at radius 2 is 1.92 bits per heavy atom. The lowest BCUT2D eigenvalue weighted by Gasteiger charge is -2.24. The largest absolute Gasteiger partial charge is 0.384 e. The Kier molecular flexibility index (Phi) is 4.14. The minimum absolute atomic E-state index is 0.0211. The van der Waals surface area contributed by atoms with E-state index in [4.69, 9.17) is 0 Å². The Balaban J connectivity index is 1.81. The van der Waals surface area contributed by atoms with Crippen molar-refractivity contribution in [3.63, 3.8) is 0 Å². The van der Waals surface area contributed by atoms with Crippen LogP contribution in [0.2, 0.25) is 0 Å². The highest BCUT2D eigenvalue weighted by molar-refractivity contribution is 5.93. The minimum atomic E-state index is -1.24. The smallest absolute Gasteiger partial charge is 0.270 e. The zero-order chi connectivity index (χ0) is 17.2. The highest BCUT2D eigenvalue weighted by Crippen LogP contribution is 2.18. The molecule has 0 aliphatic rings. The van der Waals surface area contributed by atoms with Crippen LogP contribution in [0.4, 0.5) is 0 Å². The molecular formula is C18H17N3O3. The summed E-state index contributed by atoms with van der Waals surface area (Å²) in [6.45, 7) is 1.58. The summed E-state index contributed by atoms with van der Waals surface area (Å²) in [5.41, 5.74) is -0.605. The zero-order valence-electron chi connectivity index (χ0n) is 13.1. The van der Waals surface area contributed by atoms with Crippen LogP contribution in [-0.2, 0) is 5.60 Å². The van der Waals surface area contributed by atoms with E-state index in [2.05, 4.69) is 10.3 Å². The average molecular weight is 323 g/mol. The Bertz CT molecular complexity index is 933. The van der Waals surface area contributed by atoms with Gasteiger partial charge in [-0.15, -0.1) is 0 Å². The molecule has 0 spiro atoms. The van der Waals surface area contributed by atoms with E-state index in [0.29, 0.717) is 11.2 Å². The molecule has 1 aromatic carbocycles. The van der Waals surface area contributed by atoms with Gasteiger partial charge < -0.3 is 10.4 Å². The van der Waals surface area contributed by atoms with Crippen LogP contribution in [0.5, 0.6) is 0 Å². The number of rotatable bonds is 4. The zero-order valence-corrected chi connectivity index (χ0v) is 13.1. The third-order valence-corrected chi connectivity index (χ3v) is 3.85. The average Bonchev–Trinajstić information content (AvgIpc) is 2.61. The molecule has 24 heavy (non-hydrogen) atoms. The van der Waals surface area contributed by atoms with Gasteiger partial charge in [-0.25, -0.2) is 4.98 Å². The lowest BCUT2D eigenvalue weighted by Crippen LogP contribution is -2.40.